The summed E-state index contributed by atoms with van der Waals surface area (Å²) in [6, 6.07) is 20.1. The first-order valence-electron chi connectivity index (χ1n) is 10.5. The van der Waals surface area contributed by atoms with Gasteiger partial charge < -0.3 is 4.74 Å². The maximum absolute atomic E-state index is 13.2. The number of nitrogens with zero attached hydrogens (tertiary/aromatic N) is 3. The number of methoxy groups -OCH3 is 1. The van der Waals surface area contributed by atoms with Crippen molar-refractivity contribution in [1.29, 1.82) is 0 Å². The number of halogens is 1. The molecule has 4 rings (SSSR count). The summed E-state index contributed by atoms with van der Waals surface area (Å²) in [6.45, 7) is 2.57. The van der Waals surface area contributed by atoms with Gasteiger partial charge in [0.2, 0.25) is 5.91 Å². The van der Waals surface area contributed by atoms with Gasteiger partial charge in [-0.25, -0.2) is 0 Å². The third-order valence-electron chi connectivity index (χ3n) is 5.31. The number of rotatable bonds is 7. The van der Waals surface area contributed by atoms with Crippen molar-refractivity contribution in [2.24, 2.45) is 10.2 Å². The van der Waals surface area contributed by atoms with Gasteiger partial charge in [0, 0.05) is 10.0 Å². The molecule has 7 heteroatoms. The van der Waals surface area contributed by atoms with Crippen LogP contribution in [0.3, 0.4) is 0 Å². The molecule has 0 aliphatic carbocycles. The standard InChI is InChI=1S/C25H24BrN3O2S/c1-3-7-23-24(30)29(16-18-10-6-9-17-8-4-5-11-21(17)18)25(32-23)28-27-15-19-14-20(26)12-13-22(19)31-2/h4-6,8-15,23H,3,7,16H2,1-2H3/b27-15+,28-25+. The molecule has 1 unspecified atom stereocenters. The van der Waals surface area contributed by atoms with Crippen LogP contribution in [0.2, 0.25) is 0 Å². The van der Waals surface area contributed by atoms with E-state index < -0.39 is 0 Å². The molecule has 1 fully saturated rings. The predicted molar refractivity (Wildman–Crippen MR) is 137 cm³/mol. The zero-order valence-corrected chi connectivity index (χ0v) is 20.4. The Hall–Kier alpha value is -2.64. The van der Waals surface area contributed by atoms with Crippen LogP contribution < -0.4 is 4.74 Å². The molecule has 0 bridgehead atoms. The Kier molecular flexibility index (Phi) is 7.27. The maximum Gasteiger partial charge on any atom is 0.242 e. The van der Waals surface area contributed by atoms with Crippen LogP contribution in [0.25, 0.3) is 10.8 Å². The van der Waals surface area contributed by atoms with Crippen LogP contribution in [0.1, 0.15) is 30.9 Å². The molecule has 0 radical (unpaired) electrons. The lowest BCUT2D eigenvalue weighted by Crippen LogP contribution is -2.31. The van der Waals surface area contributed by atoms with Crippen molar-refractivity contribution in [1.82, 2.24) is 4.90 Å². The minimum atomic E-state index is -0.121. The molecule has 1 saturated heterocycles. The Bertz CT molecular complexity index is 1190. The van der Waals surface area contributed by atoms with Gasteiger partial charge in [-0.2, -0.15) is 5.10 Å². The number of ether oxygens (including phenoxy) is 1. The highest BCUT2D eigenvalue weighted by Gasteiger charge is 2.37. The highest BCUT2D eigenvalue weighted by molar-refractivity contribution is 9.10. The smallest absolute Gasteiger partial charge is 0.242 e. The number of benzene rings is 3. The third-order valence-corrected chi connectivity index (χ3v) is 7.04. The molecule has 1 atom stereocenters. The number of hydrogen-bond donors (Lipinski definition) is 0. The molecule has 1 aliphatic rings. The van der Waals surface area contributed by atoms with E-state index in [0.29, 0.717) is 17.5 Å². The van der Waals surface area contributed by atoms with E-state index in [-0.39, 0.29) is 11.2 Å². The molecule has 0 N–H and O–H groups in total. The van der Waals surface area contributed by atoms with Gasteiger partial charge in [0.1, 0.15) is 5.75 Å². The summed E-state index contributed by atoms with van der Waals surface area (Å²) in [5.41, 5.74) is 1.91. The normalized spacial score (nSPS) is 17.7. The summed E-state index contributed by atoms with van der Waals surface area (Å²) in [6.07, 6.45) is 3.42. The zero-order valence-electron chi connectivity index (χ0n) is 18.0. The Morgan fingerprint density at radius 2 is 1.97 bits per heavy atom. The molecular formula is C25H24BrN3O2S. The summed E-state index contributed by atoms with van der Waals surface area (Å²) < 4.78 is 6.33. The topological polar surface area (TPSA) is 54.3 Å². The van der Waals surface area contributed by atoms with Crippen LogP contribution in [0.15, 0.2) is 75.3 Å². The number of fused-ring (bicyclic) bond motifs is 1. The van der Waals surface area contributed by atoms with Crippen molar-refractivity contribution in [3.05, 3.63) is 76.3 Å². The van der Waals surface area contributed by atoms with Crippen LogP contribution in [0.5, 0.6) is 5.75 Å². The van der Waals surface area contributed by atoms with Crippen molar-refractivity contribution in [3.8, 4) is 5.75 Å². The third kappa shape index (κ3) is 4.89. The summed E-state index contributed by atoms with van der Waals surface area (Å²) in [5.74, 6) is 0.808. The van der Waals surface area contributed by atoms with Crippen LogP contribution in [0, 0.1) is 0 Å². The molecule has 32 heavy (non-hydrogen) atoms. The lowest BCUT2D eigenvalue weighted by Gasteiger charge is -2.17. The molecule has 164 valence electrons. The van der Waals surface area contributed by atoms with Crippen LogP contribution in [0.4, 0.5) is 0 Å². The minimum absolute atomic E-state index is 0.0961. The number of thioether (sulfide) groups is 1. The van der Waals surface area contributed by atoms with E-state index in [4.69, 9.17) is 4.74 Å². The summed E-state index contributed by atoms with van der Waals surface area (Å²) in [4.78, 5) is 14.9. The molecule has 0 saturated carbocycles. The van der Waals surface area contributed by atoms with Gasteiger partial charge >= 0.3 is 0 Å². The van der Waals surface area contributed by atoms with Crippen LogP contribution >= 0.6 is 27.7 Å². The average Bonchev–Trinajstić information content (AvgIpc) is 3.09. The number of amides is 1. The molecular weight excluding hydrogens is 486 g/mol. The minimum Gasteiger partial charge on any atom is -0.496 e. The van der Waals surface area contributed by atoms with Crippen molar-refractivity contribution in [2.45, 2.75) is 31.6 Å². The summed E-state index contributed by atoms with van der Waals surface area (Å²) in [5, 5.41) is 11.6. The lowest BCUT2D eigenvalue weighted by molar-refractivity contribution is -0.126. The largest absolute Gasteiger partial charge is 0.496 e. The quantitative estimate of drug-likeness (QED) is 0.279. The van der Waals surface area contributed by atoms with E-state index in [9.17, 15) is 4.79 Å². The van der Waals surface area contributed by atoms with E-state index in [1.807, 2.05) is 36.4 Å². The number of carbonyl (C=O) groups excluding carboxylic acids is 1. The van der Waals surface area contributed by atoms with Gasteiger partial charge in [0.05, 0.1) is 25.1 Å². The van der Waals surface area contributed by atoms with Crippen LogP contribution in [-0.4, -0.2) is 34.5 Å². The van der Waals surface area contributed by atoms with Gasteiger partial charge in [0.15, 0.2) is 5.17 Å². The molecule has 1 aliphatic heterocycles. The number of amidine groups is 1. The first-order valence-corrected chi connectivity index (χ1v) is 12.2. The van der Waals surface area contributed by atoms with Crippen molar-refractivity contribution < 1.29 is 9.53 Å². The molecule has 3 aromatic carbocycles. The van der Waals surface area contributed by atoms with Crippen molar-refractivity contribution >= 4 is 55.8 Å². The van der Waals surface area contributed by atoms with Crippen LogP contribution in [-0.2, 0) is 11.3 Å². The SMILES string of the molecule is CCCC1S/C(=N/N=C/c2cc(Br)ccc2OC)N(Cc2cccc3ccccc23)C1=O. The van der Waals surface area contributed by atoms with E-state index in [0.717, 1.165) is 39.2 Å². The Morgan fingerprint density at radius 3 is 2.78 bits per heavy atom. The molecule has 1 amide bonds. The Labute approximate surface area is 200 Å². The molecule has 1 heterocycles. The van der Waals surface area contributed by atoms with Gasteiger partial charge in [-0.3, -0.25) is 9.69 Å². The van der Waals surface area contributed by atoms with E-state index in [1.54, 1.807) is 18.2 Å². The second kappa shape index (κ2) is 10.3. The van der Waals surface area contributed by atoms with Gasteiger partial charge in [-0.05, 0) is 41.0 Å². The first-order chi connectivity index (χ1) is 15.6. The highest BCUT2D eigenvalue weighted by atomic mass is 79.9. The number of carbonyl (C=O) groups is 1. The molecule has 3 aromatic rings. The first kappa shape index (κ1) is 22.6. The van der Waals surface area contributed by atoms with Crippen molar-refractivity contribution in [2.75, 3.05) is 7.11 Å². The van der Waals surface area contributed by atoms with Gasteiger partial charge in [-0.15, -0.1) is 5.10 Å². The molecule has 0 aromatic heterocycles. The monoisotopic (exact) mass is 509 g/mol. The van der Waals surface area contributed by atoms with Gasteiger partial charge in [-0.1, -0.05) is 83.5 Å². The maximum atomic E-state index is 13.2. The summed E-state index contributed by atoms with van der Waals surface area (Å²) >= 11 is 4.97. The molecule has 5 nitrogen and oxygen atoms in total. The second-order valence-corrected chi connectivity index (χ2v) is 9.56. The van der Waals surface area contributed by atoms with Crippen molar-refractivity contribution in [3.63, 3.8) is 0 Å². The summed E-state index contributed by atoms with van der Waals surface area (Å²) in [7, 11) is 1.62. The lowest BCUT2D eigenvalue weighted by atomic mass is 10.0. The van der Waals surface area contributed by atoms with E-state index >= 15 is 0 Å². The van der Waals surface area contributed by atoms with Gasteiger partial charge in [0.25, 0.3) is 0 Å². The average molecular weight is 510 g/mol. The Morgan fingerprint density at radius 1 is 1.16 bits per heavy atom. The highest BCUT2D eigenvalue weighted by Crippen LogP contribution is 2.33. The zero-order chi connectivity index (χ0) is 22.5. The number of hydrogen-bond acceptors (Lipinski definition) is 5. The fraction of sp³-hybridized carbons (Fsp3) is 0.240. The fourth-order valence-corrected chi connectivity index (χ4v) is 5.32. The second-order valence-electron chi connectivity index (χ2n) is 7.47. The van der Waals surface area contributed by atoms with E-state index in [2.05, 4.69) is 57.3 Å². The Balaban J connectivity index is 1.64. The van der Waals surface area contributed by atoms with E-state index in [1.165, 1.54) is 11.8 Å². The molecule has 0 spiro atoms. The fourth-order valence-electron chi connectivity index (χ4n) is 3.72. The predicted octanol–water partition coefficient (Wildman–Crippen LogP) is 6.25.